The maximum Gasteiger partial charge on any atom is 0.261 e. The fraction of sp³-hybridized carbons (Fsp3) is 0.263. The molecule has 0 atom stereocenters. The molecule has 6 nitrogen and oxygen atoms in total. The summed E-state index contributed by atoms with van der Waals surface area (Å²) < 4.78 is 7.42. The number of hydrogen-bond donors (Lipinski definition) is 1. The van der Waals surface area contributed by atoms with Gasteiger partial charge in [0.1, 0.15) is 4.83 Å². The predicted octanol–water partition coefficient (Wildman–Crippen LogP) is 3.38. The third-order valence-electron chi connectivity index (χ3n) is 4.73. The van der Waals surface area contributed by atoms with Gasteiger partial charge in [0.05, 0.1) is 23.6 Å². The number of anilines is 1. The second kappa shape index (κ2) is 6.95. The highest BCUT2D eigenvalue weighted by Gasteiger charge is 2.15. The number of fused-ring (bicyclic) bond motifs is 3. The van der Waals surface area contributed by atoms with Crippen LogP contribution in [0.4, 0.5) is 5.69 Å². The van der Waals surface area contributed by atoms with Gasteiger partial charge in [0.15, 0.2) is 4.96 Å². The Balaban J connectivity index is 1.25. The van der Waals surface area contributed by atoms with Crippen LogP contribution in [-0.2, 0) is 11.3 Å². The maximum atomic E-state index is 12.5. The fourth-order valence-electron chi connectivity index (χ4n) is 3.28. The van der Waals surface area contributed by atoms with Crippen LogP contribution < -0.4 is 10.2 Å². The number of rotatable bonds is 4. The largest absolute Gasteiger partial charge is 0.378 e. The number of morpholine rings is 1. The highest BCUT2D eigenvalue weighted by molar-refractivity contribution is 7.21. The summed E-state index contributed by atoms with van der Waals surface area (Å²) in [4.78, 5) is 22.0. The SMILES string of the molecule is O=C(NCc1ccc(N2CCOCC2)cc1)c1cc2c(nc3sccn32)s1. The van der Waals surface area contributed by atoms with Crippen LogP contribution in [0.25, 0.3) is 15.3 Å². The van der Waals surface area contributed by atoms with Crippen molar-refractivity contribution in [3.8, 4) is 0 Å². The van der Waals surface area contributed by atoms with E-state index in [1.54, 1.807) is 11.3 Å². The highest BCUT2D eigenvalue weighted by Crippen LogP contribution is 2.28. The van der Waals surface area contributed by atoms with E-state index in [0.717, 1.165) is 47.2 Å². The lowest BCUT2D eigenvalue weighted by Crippen LogP contribution is -2.36. The van der Waals surface area contributed by atoms with Crippen molar-refractivity contribution < 1.29 is 9.53 Å². The van der Waals surface area contributed by atoms with Crippen molar-refractivity contribution >= 4 is 49.6 Å². The molecule has 8 heteroatoms. The van der Waals surface area contributed by atoms with Crippen LogP contribution >= 0.6 is 22.7 Å². The Hall–Kier alpha value is -2.42. The molecule has 0 saturated carbocycles. The molecule has 0 aliphatic carbocycles. The van der Waals surface area contributed by atoms with Crippen LogP contribution in [0.3, 0.4) is 0 Å². The van der Waals surface area contributed by atoms with Crippen molar-refractivity contribution in [2.75, 3.05) is 31.2 Å². The standard InChI is InChI=1S/C19H18N4O2S2/c24-17(16-11-15-18(27-16)21-19-23(15)7-10-26-19)20-12-13-1-3-14(4-2-13)22-5-8-25-9-6-22/h1-4,7,10-11H,5-6,8-9,12H2,(H,20,24). The van der Waals surface area contributed by atoms with Gasteiger partial charge in [-0.2, -0.15) is 0 Å². The van der Waals surface area contributed by atoms with Crippen molar-refractivity contribution in [1.82, 2.24) is 14.7 Å². The van der Waals surface area contributed by atoms with Gasteiger partial charge < -0.3 is 15.0 Å². The van der Waals surface area contributed by atoms with E-state index < -0.39 is 0 Å². The lowest BCUT2D eigenvalue weighted by atomic mass is 10.2. The van der Waals surface area contributed by atoms with Gasteiger partial charge in [-0.25, -0.2) is 4.98 Å². The van der Waals surface area contributed by atoms with E-state index in [1.165, 1.54) is 17.0 Å². The van der Waals surface area contributed by atoms with Crippen molar-refractivity contribution in [1.29, 1.82) is 0 Å². The third-order valence-corrected chi connectivity index (χ3v) is 6.50. The number of carbonyl (C=O) groups excluding carboxylic acids is 1. The van der Waals surface area contributed by atoms with Crippen molar-refractivity contribution in [2.45, 2.75) is 6.54 Å². The molecule has 1 saturated heterocycles. The molecule has 1 aliphatic heterocycles. The summed E-state index contributed by atoms with van der Waals surface area (Å²) in [5.74, 6) is -0.0563. The summed E-state index contributed by atoms with van der Waals surface area (Å²) in [5.41, 5.74) is 3.29. The first-order valence-corrected chi connectivity index (χ1v) is 10.5. The summed E-state index contributed by atoms with van der Waals surface area (Å²) >= 11 is 3.03. The van der Waals surface area contributed by atoms with E-state index in [1.807, 2.05) is 22.0 Å². The first kappa shape index (κ1) is 16.7. The molecule has 0 bridgehead atoms. The summed E-state index contributed by atoms with van der Waals surface area (Å²) in [6, 6.07) is 10.3. The van der Waals surface area contributed by atoms with Crippen LogP contribution in [0, 0.1) is 0 Å². The van der Waals surface area contributed by atoms with Crippen LogP contribution in [0.5, 0.6) is 0 Å². The Kier molecular flexibility index (Phi) is 4.31. The second-order valence-corrected chi connectivity index (χ2v) is 8.32. The number of ether oxygens (including phenoxy) is 1. The van der Waals surface area contributed by atoms with Gasteiger partial charge in [0.2, 0.25) is 0 Å². The average molecular weight is 399 g/mol. The predicted molar refractivity (Wildman–Crippen MR) is 109 cm³/mol. The normalized spacial score (nSPS) is 14.9. The topological polar surface area (TPSA) is 58.9 Å². The average Bonchev–Trinajstić information content (AvgIpc) is 3.39. The summed E-state index contributed by atoms with van der Waals surface area (Å²) in [6.45, 7) is 3.92. The molecule has 138 valence electrons. The van der Waals surface area contributed by atoms with Crippen LogP contribution in [0.1, 0.15) is 15.2 Å². The first-order valence-electron chi connectivity index (χ1n) is 8.83. The molecule has 1 fully saturated rings. The molecule has 4 heterocycles. The Bertz CT molecular complexity index is 1090. The van der Waals surface area contributed by atoms with Crippen molar-refractivity contribution in [3.63, 3.8) is 0 Å². The van der Waals surface area contributed by atoms with Gasteiger partial charge >= 0.3 is 0 Å². The number of hydrogen-bond acceptors (Lipinski definition) is 6. The fourth-order valence-corrected chi connectivity index (χ4v) is 4.99. The number of nitrogens with one attached hydrogen (secondary N) is 1. The molecule has 1 aliphatic rings. The molecule has 1 N–H and O–H groups in total. The lowest BCUT2D eigenvalue weighted by Gasteiger charge is -2.28. The number of benzene rings is 1. The van der Waals surface area contributed by atoms with Crippen LogP contribution in [-0.4, -0.2) is 41.6 Å². The number of imidazole rings is 1. The quantitative estimate of drug-likeness (QED) is 0.573. The number of aromatic nitrogens is 2. The monoisotopic (exact) mass is 398 g/mol. The molecule has 0 unspecified atom stereocenters. The zero-order chi connectivity index (χ0) is 18.2. The van der Waals surface area contributed by atoms with Gasteiger partial charge in [-0.15, -0.1) is 22.7 Å². The maximum absolute atomic E-state index is 12.5. The number of nitrogens with zero attached hydrogens (tertiary/aromatic N) is 3. The van der Waals surface area contributed by atoms with E-state index in [0.29, 0.717) is 11.4 Å². The third kappa shape index (κ3) is 3.20. The molecule has 1 amide bonds. The number of thiophene rings is 1. The van der Waals surface area contributed by atoms with Crippen molar-refractivity contribution in [3.05, 3.63) is 52.3 Å². The van der Waals surface area contributed by atoms with Gasteiger partial charge in [-0.05, 0) is 23.8 Å². The van der Waals surface area contributed by atoms with Crippen LogP contribution in [0.2, 0.25) is 0 Å². The Morgan fingerprint density at radius 1 is 1.22 bits per heavy atom. The zero-order valence-electron chi connectivity index (χ0n) is 14.6. The lowest BCUT2D eigenvalue weighted by molar-refractivity contribution is 0.0955. The molecule has 3 aromatic heterocycles. The molecular weight excluding hydrogens is 380 g/mol. The highest BCUT2D eigenvalue weighted by atomic mass is 32.1. The Labute approximate surface area is 164 Å². The van der Waals surface area contributed by atoms with Gasteiger partial charge in [0, 0.05) is 36.9 Å². The van der Waals surface area contributed by atoms with E-state index in [-0.39, 0.29) is 5.91 Å². The molecule has 1 aromatic carbocycles. The number of amides is 1. The first-order chi connectivity index (χ1) is 13.3. The minimum absolute atomic E-state index is 0.0563. The van der Waals surface area contributed by atoms with Crippen molar-refractivity contribution in [2.24, 2.45) is 0 Å². The molecule has 0 spiro atoms. The molecule has 4 aromatic rings. The van der Waals surface area contributed by atoms with E-state index in [4.69, 9.17) is 4.74 Å². The number of carbonyl (C=O) groups is 1. The molecular formula is C19H18N4O2S2. The minimum Gasteiger partial charge on any atom is -0.378 e. The van der Waals surface area contributed by atoms with Gasteiger partial charge in [-0.3, -0.25) is 9.20 Å². The molecule has 0 radical (unpaired) electrons. The van der Waals surface area contributed by atoms with Gasteiger partial charge in [-0.1, -0.05) is 12.1 Å². The van der Waals surface area contributed by atoms with E-state index in [2.05, 4.69) is 39.5 Å². The second-order valence-electron chi connectivity index (χ2n) is 6.42. The Morgan fingerprint density at radius 3 is 2.85 bits per heavy atom. The zero-order valence-corrected chi connectivity index (χ0v) is 16.2. The number of thiazole rings is 1. The van der Waals surface area contributed by atoms with Gasteiger partial charge in [0.25, 0.3) is 5.91 Å². The smallest absolute Gasteiger partial charge is 0.261 e. The summed E-state index contributed by atoms with van der Waals surface area (Å²) in [5, 5.41) is 5.01. The molecule has 5 rings (SSSR count). The van der Waals surface area contributed by atoms with E-state index >= 15 is 0 Å². The Morgan fingerprint density at radius 2 is 2.04 bits per heavy atom. The minimum atomic E-state index is -0.0563. The van der Waals surface area contributed by atoms with E-state index in [9.17, 15) is 4.79 Å². The van der Waals surface area contributed by atoms with Crippen LogP contribution in [0.15, 0.2) is 41.9 Å². The molecule has 27 heavy (non-hydrogen) atoms. The summed E-state index contributed by atoms with van der Waals surface area (Å²) in [6.07, 6.45) is 1.99. The summed E-state index contributed by atoms with van der Waals surface area (Å²) in [7, 11) is 0.